The monoisotopic (exact) mass is 449 g/mol. The molecule has 0 atom stereocenters. The van der Waals surface area contributed by atoms with Crippen molar-refractivity contribution >= 4 is 27.9 Å². The topological polar surface area (TPSA) is 83.9 Å². The van der Waals surface area contributed by atoms with Gasteiger partial charge in [-0.3, -0.25) is 0 Å². The highest BCUT2D eigenvalue weighted by atomic mass is 32.3. The van der Waals surface area contributed by atoms with Gasteiger partial charge in [0.2, 0.25) is 0 Å². The number of hydrogen-bond donors (Lipinski definition) is 1. The Bertz CT molecular complexity index is 976. The van der Waals surface area contributed by atoms with Gasteiger partial charge in [-0.05, 0) is 60.3 Å². The van der Waals surface area contributed by atoms with Gasteiger partial charge in [0.1, 0.15) is 5.75 Å². The van der Waals surface area contributed by atoms with Gasteiger partial charge < -0.3 is 9.84 Å². The van der Waals surface area contributed by atoms with E-state index in [0.29, 0.717) is 16.9 Å². The van der Waals surface area contributed by atoms with Crippen LogP contribution in [0.2, 0.25) is 0 Å². The molecule has 0 saturated carbocycles. The summed E-state index contributed by atoms with van der Waals surface area (Å²) >= 11 is 0.803. The lowest BCUT2D eigenvalue weighted by Gasteiger charge is -2.20. The molecule has 0 spiro atoms. The highest BCUT2D eigenvalue weighted by Crippen LogP contribution is 2.32. The maximum Gasteiger partial charge on any atom is 0.573 e. The van der Waals surface area contributed by atoms with Crippen molar-refractivity contribution in [3.05, 3.63) is 53.6 Å². The highest BCUT2D eigenvalue weighted by Gasteiger charge is 2.31. The van der Waals surface area contributed by atoms with Crippen LogP contribution in [0.1, 0.15) is 29.8 Å². The number of carbonyl (C=O) groups is 1. The van der Waals surface area contributed by atoms with Gasteiger partial charge in [-0.2, -0.15) is 0 Å². The van der Waals surface area contributed by atoms with Crippen LogP contribution in [0.3, 0.4) is 0 Å². The maximum absolute atomic E-state index is 12.9. The van der Waals surface area contributed by atoms with Crippen molar-refractivity contribution in [3.63, 3.8) is 0 Å². The number of benzene rings is 2. The van der Waals surface area contributed by atoms with Gasteiger partial charge in [0.25, 0.3) is 10.0 Å². The van der Waals surface area contributed by atoms with Gasteiger partial charge in [0.15, 0.2) is 0 Å². The zero-order valence-electron chi connectivity index (χ0n) is 15.4. The first-order valence-corrected chi connectivity index (χ1v) is 10.6. The molecular formula is C18H18F3NO5S2. The van der Waals surface area contributed by atoms with Gasteiger partial charge in [0.05, 0.1) is 10.5 Å². The number of hydrogen-bond acceptors (Lipinski definition) is 5. The lowest BCUT2D eigenvalue weighted by atomic mass is 10.1. The predicted molar refractivity (Wildman–Crippen MR) is 101 cm³/mol. The molecule has 2 aromatic carbocycles. The molecule has 0 unspecified atom stereocenters. The van der Waals surface area contributed by atoms with Crippen LogP contribution in [-0.2, 0) is 16.4 Å². The first-order chi connectivity index (χ1) is 13.5. The van der Waals surface area contributed by atoms with E-state index in [1.165, 1.54) is 24.3 Å². The zero-order valence-corrected chi connectivity index (χ0v) is 17.1. The molecule has 6 nitrogen and oxygen atoms in total. The van der Waals surface area contributed by atoms with E-state index in [9.17, 15) is 31.5 Å². The smallest absolute Gasteiger partial charge is 0.478 e. The highest BCUT2D eigenvalue weighted by molar-refractivity contribution is 8.08. The summed E-state index contributed by atoms with van der Waals surface area (Å²) in [5.41, 5.74) is 0.413. The lowest BCUT2D eigenvalue weighted by molar-refractivity contribution is -0.274. The van der Waals surface area contributed by atoms with Crippen LogP contribution in [0, 0.1) is 0 Å². The maximum atomic E-state index is 12.9. The third-order valence-electron chi connectivity index (χ3n) is 3.78. The first kappa shape index (κ1) is 23.0. The van der Waals surface area contributed by atoms with Crippen molar-refractivity contribution < 1.29 is 36.2 Å². The van der Waals surface area contributed by atoms with Crippen molar-refractivity contribution in [3.8, 4) is 5.75 Å². The van der Waals surface area contributed by atoms with E-state index in [-0.39, 0.29) is 17.0 Å². The van der Waals surface area contributed by atoms with E-state index >= 15 is 0 Å². The van der Waals surface area contributed by atoms with Crippen molar-refractivity contribution in [2.24, 2.45) is 0 Å². The Hall–Kier alpha value is -2.24. The van der Waals surface area contributed by atoms with E-state index < -0.39 is 28.1 Å². The zero-order chi connectivity index (χ0) is 21.8. The molecular weight excluding hydrogens is 431 g/mol. The summed E-state index contributed by atoms with van der Waals surface area (Å²) in [7, 11) is -4.05. The summed E-state index contributed by atoms with van der Waals surface area (Å²) in [5.74, 6) is -1.65. The Kier molecular flexibility index (Phi) is 7.20. The van der Waals surface area contributed by atoms with E-state index in [4.69, 9.17) is 0 Å². The number of nitrogens with zero attached hydrogens (tertiary/aromatic N) is 1. The molecule has 0 bridgehead atoms. The number of aryl methyl sites for hydroxylation is 1. The Morgan fingerprint density at radius 1 is 1.14 bits per heavy atom. The van der Waals surface area contributed by atoms with Gasteiger partial charge >= 0.3 is 12.3 Å². The van der Waals surface area contributed by atoms with Gasteiger partial charge in [-0.25, -0.2) is 13.2 Å². The molecule has 0 aliphatic carbocycles. The molecule has 158 valence electrons. The molecule has 0 amide bonds. The number of alkyl halides is 3. The molecule has 0 radical (unpaired) electrons. The van der Waals surface area contributed by atoms with E-state index in [0.717, 1.165) is 33.9 Å². The van der Waals surface area contributed by atoms with E-state index in [1.54, 1.807) is 13.8 Å². The number of carboxylic acids is 1. The number of sulfonamides is 1. The molecule has 0 aliphatic heterocycles. The van der Waals surface area contributed by atoms with Gasteiger partial charge in [-0.1, -0.05) is 19.9 Å². The van der Waals surface area contributed by atoms with Crippen molar-refractivity contribution in [2.75, 3.05) is 6.54 Å². The Labute approximate surface area is 170 Å². The fraction of sp³-hybridized carbons (Fsp3) is 0.278. The Morgan fingerprint density at radius 3 is 2.24 bits per heavy atom. The molecule has 0 aromatic heterocycles. The van der Waals surface area contributed by atoms with Crippen molar-refractivity contribution in [1.29, 1.82) is 0 Å². The number of aromatic carboxylic acids is 1. The van der Waals surface area contributed by atoms with E-state index in [2.05, 4.69) is 4.74 Å². The van der Waals surface area contributed by atoms with Crippen LogP contribution >= 0.6 is 11.9 Å². The standard InChI is InChI=1S/C18H18F3NO5S2/c1-3-12-5-10-15(11-16(12)17(23)24)29(25,26)22(4-2)28-14-8-6-13(7-9-14)27-18(19,20)21/h5-11H,3-4H2,1-2H3,(H,23,24). The van der Waals surface area contributed by atoms with Crippen LogP contribution < -0.4 is 4.74 Å². The number of rotatable bonds is 8. The predicted octanol–water partition coefficient (Wildman–Crippen LogP) is 4.56. The third-order valence-corrected chi connectivity index (χ3v) is 7.18. The molecule has 29 heavy (non-hydrogen) atoms. The fourth-order valence-electron chi connectivity index (χ4n) is 2.44. The van der Waals surface area contributed by atoms with Crippen LogP contribution in [-0.4, -0.2) is 36.1 Å². The number of ether oxygens (including phenoxy) is 1. The summed E-state index contributed by atoms with van der Waals surface area (Å²) in [5, 5.41) is 9.32. The molecule has 2 rings (SSSR count). The largest absolute Gasteiger partial charge is 0.573 e. The second kappa shape index (κ2) is 9.06. The average Bonchev–Trinajstić information content (AvgIpc) is 2.65. The van der Waals surface area contributed by atoms with Gasteiger partial charge in [-0.15, -0.1) is 16.9 Å². The minimum Gasteiger partial charge on any atom is -0.478 e. The summed E-state index contributed by atoms with van der Waals surface area (Å²) < 4.78 is 67.4. The Morgan fingerprint density at radius 2 is 1.76 bits per heavy atom. The first-order valence-electron chi connectivity index (χ1n) is 8.40. The second-order valence-electron chi connectivity index (χ2n) is 5.71. The molecule has 2 aromatic rings. The van der Waals surface area contributed by atoms with Gasteiger partial charge in [0, 0.05) is 11.4 Å². The molecule has 11 heteroatoms. The summed E-state index contributed by atoms with van der Waals surface area (Å²) in [4.78, 5) is 11.6. The van der Waals surface area contributed by atoms with Crippen LogP contribution in [0.15, 0.2) is 52.3 Å². The third kappa shape index (κ3) is 5.87. The average molecular weight is 449 g/mol. The molecule has 1 N–H and O–H groups in total. The SMILES string of the molecule is CCc1ccc(S(=O)(=O)N(CC)Sc2ccc(OC(F)(F)F)cc2)cc1C(=O)O. The summed E-state index contributed by atoms with van der Waals surface area (Å²) in [6.07, 6.45) is -4.39. The van der Waals surface area contributed by atoms with Crippen LogP contribution in [0.4, 0.5) is 13.2 Å². The number of halogens is 3. The normalized spacial score (nSPS) is 12.2. The van der Waals surface area contributed by atoms with Crippen molar-refractivity contribution in [1.82, 2.24) is 3.71 Å². The molecule has 0 fully saturated rings. The lowest BCUT2D eigenvalue weighted by Crippen LogP contribution is -2.24. The molecule has 0 saturated heterocycles. The molecule has 0 aliphatic rings. The van der Waals surface area contributed by atoms with Crippen molar-refractivity contribution in [2.45, 2.75) is 36.4 Å². The summed E-state index contributed by atoms with van der Waals surface area (Å²) in [6.45, 7) is 3.40. The minimum absolute atomic E-state index is 0.0474. The quantitative estimate of drug-likeness (QED) is 0.595. The Balaban J connectivity index is 2.29. The summed E-state index contributed by atoms with van der Waals surface area (Å²) in [6, 6.07) is 8.66. The minimum atomic E-state index is -4.82. The molecule has 0 heterocycles. The van der Waals surface area contributed by atoms with E-state index in [1.807, 2.05) is 0 Å². The number of carboxylic acid groups (broad SMARTS) is 1. The van der Waals surface area contributed by atoms with Crippen LogP contribution in [0.5, 0.6) is 5.75 Å². The second-order valence-corrected chi connectivity index (χ2v) is 8.90. The fourth-order valence-corrected chi connectivity index (χ4v) is 5.06. The van der Waals surface area contributed by atoms with Crippen LogP contribution in [0.25, 0.3) is 0 Å².